The van der Waals surface area contributed by atoms with Gasteiger partial charge in [-0.3, -0.25) is 0 Å². The first-order valence-corrected chi connectivity index (χ1v) is 4.56. The molecule has 0 amide bonds. The first kappa shape index (κ1) is 8.39. The Hall–Kier alpha value is 0.290. The molecule has 1 saturated carbocycles. The first-order chi connectivity index (χ1) is 4.49. The second-order valence-corrected chi connectivity index (χ2v) is 5.18. The van der Waals surface area contributed by atoms with Crippen molar-refractivity contribution in [2.24, 2.45) is 11.8 Å². The van der Waals surface area contributed by atoms with Crippen LogP contribution in [-0.2, 0) is 0 Å². The summed E-state index contributed by atoms with van der Waals surface area (Å²) >= 11 is 6.26. The summed E-state index contributed by atoms with van der Waals surface area (Å²) in [4.78, 5) is 0.0943. The van der Waals surface area contributed by atoms with E-state index in [0.717, 1.165) is 11.8 Å². The Balaban J connectivity index is 2.51. The summed E-state index contributed by atoms with van der Waals surface area (Å²) in [6, 6.07) is 0. The van der Waals surface area contributed by atoms with E-state index in [4.69, 9.17) is 11.6 Å². The molecule has 0 saturated heterocycles. The second kappa shape index (κ2) is 2.73. The molecule has 1 aliphatic rings. The van der Waals surface area contributed by atoms with Crippen molar-refractivity contribution >= 4 is 11.6 Å². The van der Waals surface area contributed by atoms with Crippen LogP contribution >= 0.6 is 11.6 Å². The second-order valence-electron chi connectivity index (χ2n) is 4.27. The van der Waals surface area contributed by atoms with Gasteiger partial charge >= 0.3 is 0 Å². The molecule has 1 aliphatic carbocycles. The maximum absolute atomic E-state index is 6.26. The fourth-order valence-corrected chi connectivity index (χ4v) is 2.92. The normalized spacial score (nSPS) is 49.2. The van der Waals surface area contributed by atoms with Gasteiger partial charge in [0.2, 0.25) is 0 Å². The van der Waals surface area contributed by atoms with Gasteiger partial charge < -0.3 is 0 Å². The lowest BCUT2D eigenvalue weighted by molar-refractivity contribution is 0.252. The lowest BCUT2D eigenvalue weighted by Crippen LogP contribution is -2.29. The van der Waals surface area contributed by atoms with Gasteiger partial charge in [0.05, 0.1) is 0 Å². The van der Waals surface area contributed by atoms with Crippen molar-refractivity contribution in [3.63, 3.8) is 0 Å². The minimum absolute atomic E-state index is 0.0943. The van der Waals surface area contributed by atoms with Gasteiger partial charge in [-0.2, -0.15) is 0 Å². The lowest BCUT2D eigenvalue weighted by Gasteiger charge is -2.35. The van der Waals surface area contributed by atoms with Crippen molar-refractivity contribution in [1.29, 1.82) is 0 Å². The molecule has 60 valence electrons. The van der Waals surface area contributed by atoms with Crippen LogP contribution < -0.4 is 0 Å². The molecule has 0 N–H and O–H groups in total. The van der Waals surface area contributed by atoms with Crippen molar-refractivity contribution in [2.75, 3.05) is 0 Å². The molecule has 2 atom stereocenters. The summed E-state index contributed by atoms with van der Waals surface area (Å²) < 4.78 is 0. The monoisotopic (exact) mass is 160 g/mol. The van der Waals surface area contributed by atoms with E-state index in [-0.39, 0.29) is 4.87 Å². The smallest absolute Gasteiger partial charge is 0.0423 e. The third kappa shape index (κ3) is 2.16. The molecule has 0 nitrogen and oxygen atoms in total. The predicted octanol–water partition coefficient (Wildman–Crippen LogP) is 3.44. The maximum Gasteiger partial charge on any atom is 0.0423 e. The number of alkyl halides is 1. The zero-order valence-electron chi connectivity index (χ0n) is 7.15. The molecule has 0 spiro atoms. The summed E-state index contributed by atoms with van der Waals surface area (Å²) in [5.41, 5.74) is 0. The molecular weight excluding hydrogens is 144 g/mol. The Labute approximate surface area is 69.0 Å². The topological polar surface area (TPSA) is 0 Å². The summed E-state index contributed by atoms with van der Waals surface area (Å²) in [6.07, 6.45) is 3.75. The minimum atomic E-state index is 0.0943. The van der Waals surface area contributed by atoms with E-state index in [2.05, 4.69) is 20.8 Å². The molecule has 0 radical (unpaired) electrons. The third-order valence-electron chi connectivity index (χ3n) is 2.35. The van der Waals surface area contributed by atoms with Gasteiger partial charge in [-0.15, -0.1) is 11.6 Å². The Morgan fingerprint density at radius 1 is 1.20 bits per heavy atom. The van der Waals surface area contributed by atoms with Crippen LogP contribution in [0.4, 0.5) is 0 Å². The van der Waals surface area contributed by atoms with E-state index in [1.165, 1.54) is 19.3 Å². The Bertz CT molecular complexity index is 106. The quantitative estimate of drug-likeness (QED) is 0.477. The van der Waals surface area contributed by atoms with E-state index in [0.29, 0.717) is 0 Å². The van der Waals surface area contributed by atoms with Crippen LogP contribution in [0.25, 0.3) is 0 Å². The van der Waals surface area contributed by atoms with Gasteiger partial charge in [0, 0.05) is 4.87 Å². The van der Waals surface area contributed by atoms with E-state index >= 15 is 0 Å². The molecule has 0 aromatic rings. The Morgan fingerprint density at radius 2 is 1.60 bits per heavy atom. The Kier molecular flexibility index (Phi) is 2.29. The molecule has 0 aromatic carbocycles. The van der Waals surface area contributed by atoms with Gasteiger partial charge in [-0.1, -0.05) is 13.8 Å². The predicted molar refractivity (Wildman–Crippen MR) is 46.4 cm³/mol. The summed E-state index contributed by atoms with van der Waals surface area (Å²) in [6.45, 7) is 6.77. The number of hydrogen-bond acceptors (Lipinski definition) is 0. The molecule has 0 aromatic heterocycles. The zero-order valence-corrected chi connectivity index (χ0v) is 7.91. The molecule has 1 rings (SSSR count). The van der Waals surface area contributed by atoms with Gasteiger partial charge in [0.1, 0.15) is 0 Å². The summed E-state index contributed by atoms with van der Waals surface area (Å²) in [5.74, 6) is 1.65. The van der Waals surface area contributed by atoms with Crippen LogP contribution in [0.2, 0.25) is 0 Å². The van der Waals surface area contributed by atoms with Crippen molar-refractivity contribution in [3.05, 3.63) is 0 Å². The van der Waals surface area contributed by atoms with Crippen molar-refractivity contribution in [1.82, 2.24) is 0 Å². The molecule has 0 aliphatic heterocycles. The van der Waals surface area contributed by atoms with Gasteiger partial charge in [-0.05, 0) is 38.0 Å². The highest BCUT2D eigenvalue weighted by Crippen LogP contribution is 2.39. The summed E-state index contributed by atoms with van der Waals surface area (Å²) in [7, 11) is 0. The van der Waals surface area contributed by atoms with Crippen LogP contribution in [0.3, 0.4) is 0 Å². The summed E-state index contributed by atoms with van der Waals surface area (Å²) in [5, 5.41) is 0. The van der Waals surface area contributed by atoms with E-state index < -0.39 is 0 Å². The van der Waals surface area contributed by atoms with Gasteiger partial charge in [0.25, 0.3) is 0 Å². The first-order valence-electron chi connectivity index (χ1n) is 4.18. The lowest BCUT2D eigenvalue weighted by atomic mass is 9.77. The van der Waals surface area contributed by atoms with Crippen LogP contribution in [-0.4, -0.2) is 4.87 Å². The molecule has 0 heterocycles. The molecule has 2 unspecified atom stereocenters. The zero-order chi connectivity index (χ0) is 7.78. The number of rotatable bonds is 0. The van der Waals surface area contributed by atoms with E-state index in [9.17, 15) is 0 Å². The van der Waals surface area contributed by atoms with Crippen LogP contribution in [0.5, 0.6) is 0 Å². The van der Waals surface area contributed by atoms with Crippen LogP contribution in [0.1, 0.15) is 40.0 Å². The van der Waals surface area contributed by atoms with E-state index in [1.807, 2.05) is 0 Å². The Morgan fingerprint density at radius 3 is 1.90 bits per heavy atom. The van der Waals surface area contributed by atoms with Crippen molar-refractivity contribution in [2.45, 2.75) is 44.9 Å². The van der Waals surface area contributed by atoms with E-state index in [1.54, 1.807) is 0 Å². The molecular formula is C9H17Cl. The highest BCUT2D eigenvalue weighted by Gasteiger charge is 2.31. The van der Waals surface area contributed by atoms with Gasteiger partial charge in [0.15, 0.2) is 0 Å². The minimum Gasteiger partial charge on any atom is -0.120 e. The van der Waals surface area contributed by atoms with Crippen molar-refractivity contribution < 1.29 is 0 Å². The molecule has 1 heteroatoms. The number of hydrogen-bond donors (Lipinski definition) is 0. The highest BCUT2D eigenvalue weighted by atomic mass is 35.5. The van der Waals surface area contributed by atoms with Crippen LogP contribution in [0.15, 0.2) is 0 Å². The average molecular weight is 161 g/mol. The molecule has 0 bridgehead atoms. The maximum atomic E-state index is 6.26. The largest absolute Gasteiger partial charge is 0.120 e. The highest BCUT2D eigenvalue weighted by molar-refractivity contribution is 6.23. The van der Waals surface area contributed by atoms with Crippen molar-refractivity contribution in [3.8, 4) is 0 Å². The average Bonchev–Trinajstić information content (AvgIpc) is 1.54. The SMILES string of the molecule is CC1CC(C)CC(C)(Cl)C1. The van der Waals surface area contributed by atoms with Gasteiger partial charge in [-0.25, -0.2) is 0 Å². The standard InChI is InChI=1S/C9H17Cl/c1-7-4-8(2)6-9(3,10)5-7/h7-8H,4-6H2,1-3H3. The van der Waals surface area contributed by atoms with Crippen LogP contribution in [0, 0.1) is 11.8 Å². The fraction of sp³-hybridized carbons (Fsp3) is 1.00. The fourth-order valence-electron chi connectivity index (χ4n) is 2.39. The number of halogens is 1. The third-order valence-corrected chi connectivity index (χ3v) is 2.66. The molecule has 1 fully saturated rings. The molecule has 10 heavy (non-hydrogen) atoms.